The Bertz CT molecular complexity index is 845. The highest BCUT2D eigenvalue weighted by atomic mass is 31.2. The average molecular weight is 705 g/mol. The zero-order valence-corrected chi connectivity index (χ0v) is 32.6. The van der Waals surface area contributed by atoms with E-state index in [-0.39, 0.29) is 32.0 Å². The first-order chi connectivity index (χ1) is 23.0. The molecule has 0 aromatic heterocycles. The molecule has 0 aliphatic rings. The molecular weight excluding hydrogens is 629 g/mol. The summed E-state index contributed by atoms with van der Waals surface area (Å²) in [6.45, 7) is 4.36. The molecule has 0 bridgehead atoms. The molecule has 0 aromatic rings. The van der Waals surface area contributed by atoms with Crippen LogP contribution < -0.4 is 0 Å². The van der Waals surface area contributed by atoms with Crippen LogP contribution >= 0.6 is 7.82 Å². The minimum absolute atomic E-state index is 0.0334. The minimum atomic E-state index is -4.36. The first-order valence-corrected chi connectivity index (χ1v) is 20.9. The molecule has 9 nitrogen and oxygen atoms in total. The average Bonchev–Trinajstić information content (AvgIpc) is 3.02. The number of unbranched alkanes of at least 4 members (excludes halogenated alkanes) is 19. The molecule has 0 aliphatic carbocycles. The van der Waals surface area contributed by atoms with Gasteiger partial charge in [0, 0.05) is 12.8 Å². The van der Waals surface area contributed by atoms with Gasteiger partial charge >= 0.3 is 19.8 Å². The second-order valence-electron chi connectivity index (χ2n) is 14.3. The van der Waals surface area contributed by atoms with Crippen LogP contribution in [0.2, 0.25) is 0 Å². The number of phosphoric acid groups is 1. The van der Waals surface area contributed by atoms with E-state index in [9.17, 15) is 19.0 Å². The summed E-state index contributed by atoms with van der Waals surface area (Å²) in [5.74, 6) is -0.807. The molecule has 0 aliphatic heterocycles. The lowest BCUT2D eigenvalue weighted by Crippen LogP contribution is -2.37. The van der Waals surface area contributed by atoms with Crippen LogP contribution in [0.15, 0.2) is 12.2 Å². The van der Waals surface area contributed by atoms with Gasteiger partial charge in [-0.3, -0.25) is 18.6 Å². The standard InChI is InChI=1S/C38H74NO8P/c1-6-8-10-12-14-15-16-17-18-19-20-21-22-23-25-26-28-30-37(40)44-34-36(35-46-48(42,43)45-33-32-39(3,4)5)47-38(41)31-29-27-24-13-11-9-7-2/h17-18,36H,6-16,19-35H2,1-5H3/p+1/b18-17+/t36-/m0/s1. The van der Waals surface area contributed by atoms with Crippen LogP contribution in [-0.2, 0) is 32.7 Å². The molecule has 284 valence electrons. The summed E-state index contributed by atoms with van der Waals surface area (Å²) < 4.78 is 34.0. The quantitative estimate of drug-likeness (QED) is 0.0228. The number of ether oxygens (including phenoxy) is 2. The third-order valence-electron chi connectivity index (χ3n) is 8.30. The van der Waals surface area contributed by atoms with Crippen LogP contribution in [0.25, 0.3) is 0 Å². The van der Waals surface area contributed by atoms with E-state index in [1.54, 1.807) is 0 Å². The van der Waals surface area contributed by atoms with E-state index in [4.69, 9.17) is 18.5 Å². The number of quaternary nitrogens is 1. The van der Waals surface area contributed by atoms with Crippen molar-refractivity contribution in [1.29, 1.82) is 0 Å². The van der Waals surface area contributed by atoms with Crippen LogP contribution in [0.4, 0.5) is 0 Å². The minimum Gasteiger partial charge on any atom is -0.462 e. The van der Waals surface area contributed by atoms with Gasteiger partial charge in [-0.1, -0.05) is 129 Å². The second-order valence-corrected chi connectivity index (χ2v) is 15.8. The number of likely N-dealkylation sites (N-methyl/N-ethyl adjacent to an activating group) is 1. The molecule has 0 aromatic carbocycles. The zero-order chi connectivity index (χ0) is 35.8. The molecule has 0 saturated heterocycles. The molecule has 0 rings (SSSR count). The van der Waals surface area contributed by atoms with Crippen LogP contribution in [0.3, 0.4) is 0 Å². The zero-order valence-electron chi connectivity index (χ0n) is 31.7. The highest BCUT2D eigenvalue weighted by Crippen LogP contribution is 2.43. The maximum Gasteiger partial charge on any atom is 0.472 e. The summed E-state index contributed by atoms with van der Waals surface area (Å²) in [5, 5.41) is 0. The molecule has 1 unspecified atom stereocenters. The summed E-state index contributed by atoms with van der Waals surface area (Å²) in [5.41, 5.74) is 0. The van der Waals surface area contributed by atoms with Gasteiger partial charge in [-0.25, -0.2) is 4.57 Å². The van der Waals surface area contributed by atoms with Crippen molar-refractivity contribution < 1.29 is 42.1 Å². The highest BCUT2D eigenvalue weighted by Gasteiger charge is 2.27. The van der Waals surface area contributed by atoms with Crippen LogP contribution in [0.1, 0.15) is 168 Å². The normalized spacial score (nSPS) is 13.9. The Morgan fingerprint density at radius 2 is 1.06 bits per heavy atom. The number of carbonyl (C=O) groups excluding carboxylic acids is 2. The Hall–Kier alpha value is -1.25. The van der Waals surface area contributed by atoms with E-state index >= 15 is 0 Å². The number of phosphoric ester groups is 1. The van der Waals surface area contributed by atoms with Gasteiger partial charge in [0.25, 0.3) is 0 Å². The molecule has 0 amide bonds. The van der Waals surface area contributed by atoms with Crippen molar-refractivity contribution in [2.45, 2.75) is 174 Å². The second kappa shape index (κ2) is 31.7. The monoisotopic (exact) mass is 705 g/mol. The largest absolute Gasteiger partial charge is 0.472 e. The number of allylic oxidation sites excluding steroid dienone is 2. The molecule has 48 heavy (non-hydrogen) atoms. The first-order valence-electron chi connectivity index (χ1n) is 19.4. The number of carbonyl (C=O) groups is 2. The SMILES string of the molecule is CCCCCCCC/C=C/CCCCCCCCCC(=O)OC[C@@H](COP(=O)(O)OCC[N+](C)(C)C)OC(=O)CCCCCCCCC. The lowest BCUT2D eigenvalue weighted by Gasteiger charge is -2.24. The number of hydrogen-bond acceptors (Lipinski definition) is 7. The van der Waals surface area contributed by atoms with Crippen molar-refractivity contribution in [2.24, 2.45) is 0 Å². The Labute approximate surface area is 295 Å². The summed E-state index contributed by atoms with van der Waals surface area (Å²) in [4.78, 5) is 35.0. The lowest BCUT2D eigenvalue weighted by atomic mass is 10.1. The van der Waals surface area contributed by atoms with Crippen molar-refractivity contribution in [3.8, 4) is 0 Å². The van der Waals surface area contributed by atoms with Crippen LogP contribution in [-0.4, -0.2) is 74.9 Å². The molecule has 10 heteroatoms. The molecule has 2 atom stereocenters. The fourth-order valence-corrected chi connectivity index (χ4v) is 5.93. The predicted molar refractivity (Wildman–Crippen MR) is 197 cm³/mol. The fourth-order valence-electron chi connectivity index (χ4n) is 5.18. The van der Waals surface area contributed by atoms with E-state index in [0.29, 0.717) is 17.4 Å². The summed E-state index contributed by atoms with van der Waals surface area (Å²) in [6, 6.07) is 0. The van der Waals surface area contributed by atoms with Crippen molar-refractivity contribution in [3.63, 3.8) is 0 Å². The third-order valence-corrected chi connectivity index (χ3v) is 9.28. The topological polar surface area (TPSA) is 108 Å². The van der Waals surface area contributed by atoms with Gasteiger partial charge in [0.15, 0.2) is 6.10 Å². The van der Waals surface area contributed by atoms with Crippen molar-refractivity contribution in [2.75, 3.05) is 47.5 Å². The Balaban J connectivity index is 4.29. The van der Waals surface area contributed by atoms with Crippen molar-refractivity contribution >= 4 is 19.8 Å². The van der Waals surface area contributed by atoms with Crippen molar-refractivity contribution in [1.82, 2.24) is 0 Å². The molecule has 0 fully saturated rings. The lowest BCUT2D eigenvalue weighted by molar-refractivity contribution is -0.870. The molecule has 0 heterocycles. The maximum absolute atomic E-state index is 12.5. The van der Waals surface area contributed by atoms with Crippen molar-refractivity contribution in [3.05, 3.63) is 12.2 Å². The van der Waals surface area contributed by atoms with Crippen LogP contribution in [0.5, 0.6) is 0 Å². The molecule has 0 spiro atoms. The highest BCUT2D eigenvalue weighted by molar-refractivity contribution is 7.47. The van der Waals surface area contributed by atoms with E-state index in [1.165, 1.54) is 96.3 Å². The van der Waals surface area contributed by atoms with E-state index in [0.717, 1.165) is 38.5 Å². The number of esters is 2. The van der Waals surface area contributed by atoms with E-state index in [1.807, 2.05) is 21.1 Å². The Morgan fingerprint density at radius 3 is 1.54 bits per heavy atom. The fraction of sp³-hybridized carbons (Fsp3) is 0.895. The molecule has 1 N–H and O–H groups in total. The molecule has 0 radical (unpaired) electrons. The van der Waals surface area contributed by atoms with E-state index < -0.39 is 26.5 Å². The third kappa shape index (κ3) is 34.6. The van der Waals surface area contributed by atoms with Gasteiger partial charge < -0.3 is 18.9 Å². The van der Waals surface area contributed by atoms with Gasteiger partial charge in [-0.15, -0.1) is 0 Å². The number of hydrogen-bond donors (Lipinski definition) is 1. The number of rotatable bonds is 35. The molecule has 0 saturated carbocycles. The summed E-state index contributed by atoms with van der Waals surface area (Å²) in [7, 11) is 1.48. The van der Waals surface area contributed by atoms with Crippen LogP contribution in [0, 0.1) is 0 Å². The van der Waals surface area contributed by atoms with Gasteiger partial charge in [-0.05, 0) is 38.5 Å². The van der Waals surface area contributed by atoms with Gasteiger partial charge in [-0.2, -0.15) is 0 Å². The van der Waals surface area contributed by atoms with Gasteiger partial charge in [0.2, 0.25) is 0 Å². The smallest absolute Gasteiger partial charge is 0.462 e. The molecular formula is C38H75NO8P+. The van der Waals surface area contributed by atoms with Gasteiger partial charge in [0.1, 0.15) is 19.8 Å². The Morgan fingerprint density at radius 1 is 0.625 bits per heavy atom. The summed E-state index contributed by atoms with van der Waals surface area (Å²) in [6.07, 6.45) is 29.9. The summed E-state index contributed by atoms with van der Waals surface area (Å²) >= 11 is 0. The maximum atomic E-state index is 12.5. The predicted octanol–water partition coefficient (Wildman–Crippen LogP) is 10.2. The Kier molecular flexibility index (Phi) is 30.9. The first kappa shape index (κ1) is 46.8. The van der Waals surface area contributed by atoms with E-state index in [2.05, 4.69) is 26.0 Å². The van der Waals surface area contributed by atoms with Gasteiger partial charge in [0.05, 0.1) is 27.7 Å². The number of nitrogens with zero attached hydrogens (tertiary/aromatic N) is 1.